The molecule has 1 fully saturated rings. The highest BCUT2D eigenvalue weighted by atomic mass is 35.5. The number of nitrogens with zero attached hydrogens (tertiary/aromatic N) is 1. The number of methoxy groups -OCH3 is 1. The Balaban J connectivity index is 2.34. The molecule has 1 aromatic rings. The van der Waals surface area contributed by atoms with Crippen molar-refractivity contribution in [2.75, 3.05) is 20.3 Å². The summed E-state index contributed by atoms with van der Waals surface area (Å²) >= 11 is 6.21. The van der Waals surface area contributed by atoms with Crippen LogP contribution in [0.5, 0.6) is 11.5 Å². The quantitative estimate of drug-likeness (QED) is 0.878. The molecule has 0 radical (unpaired) electrons. The first-order valence-corrected chi connectivity index (χ1v) is 8.30. The van der Waals surface area contributed by atoms with Gasteiger partial charge >= 0.3 is 5.97 Å². The van der Waals surface area contributed by atoms with Gasteiger partial charge in [-0.25, -0.2) is 4.79 Å². The molecule has 2 unspecified atom stereocenters. The van der Waals surface area contributed by atoms with Gasteiger partial charge in [-0.15, -0.1) is 0 Å². The fraction of sp³-hybridized carbons (Fsp3) is 0.529. The van der Waals surface area contributed by atoms with Crippen LogP contribution in [0.4, 0.5) is 0 Å². The summed E-state index contributed by atoms with van der Waals surface area (Å²) in [5.41, 5.74) is 0.293. The first-order chi connectivity index (χ1) is 11.4. The van der Waals surface area contributed by atoms with E-state index in [4.69, 9.17) is 21.1 Å². The van der Waals surface area contributed by atoms with Gasteiger partial charge in [0.1, 0.15) is 6.04 Å². The Hall–Kier alpha value is -1.95. The molecular weight excluding hydrogens is 334 g/mol. The maximum Gasteiger partial charge on any atom is 0.326 e. The lowest BCUT2D eigenvalue weighted by molar-refractivity contribution is -0.144. The van der Waals surface area contributed by atoms with Crippen LogP contribution in [0.1, 0.15) is 37.0 Å². The molecular formula is C17H22ClNO5. The molecule has 0 aliphatic carbocycles. The van der Waals surface area contributed by atoms with E-state index in [0.717, 1.165) is 6.42 Å². The topological polar surface area (TPSA) is 76.1 Å². The van der Waals surface area contributed by atoms with Crippen LogP contribution < -0.4 is 9.47 Å². The third kappa shape index (κ3) is 3.75. The number of carboxylic acid groups (broad SMARTS) is 1. The van der Waals surface area contributed by atoms with Gasteiger partial charge in [-0.2, -0.15) is 0 Å². The smallest absolute Gasteiger partial charge is 0.326 e. The molecule has 1 heterocycles. The van der Waals surface area contributed by atoms with Crippen molar-refractivity contribution >= 4 is 23.5 Å². The van der Waals surface area contributed by atoms with E-state index in [2.05, 4.69) is 0 Å². The highest BCUT2D eigenvalue weighted by Crippen LogP contribution is 2.37. The predicted molar refractivity (Wildman–Crippen MR) is 90.0 cm³/mol. The number of aliphatic carboxylic acids is 1. The molecule has 2 rings (SSSR count). The molecule has 24 heavy (non-hydrogen) atoms. The largest absolute Gasteiger partial charge is 0.493 e. The van der Waals surface area contributed by atoms with Crippen molar-refractivity contribution in [1.29, 1.82) is 0 Å². The van der Waals surface area contributed by atoms with Crippen molar-refractivity contribution < 1.29 is 24.2 Å². The second-order valence-electron chi connectivity index (χ2n) is 5.90. The second-order valence-corrected chi connectivity index (χ2v) is 6.31. The summed E-state index contributed by atoms with van der Waals surface area (Å²) in [6, 6.07) is 2.21. The van der Waals surface area contributed by atoms with Crippen LogP contribution in [0.15, 0.2) is 12.1 Å². The minimum Gasteiger partial charge on any atom is -0.493 e. The first kappa shape index (κ1) is 18.4. The van der Waals surface area contributed by atoms with Gasteiger partial charge in [-0.1, -0.05) is 18.5 Å². The van der Waals surface area contributed by atoms with E-state index in [1.165, 1.54) is 24.1 Å². The number of hydrogen-bond acceptors (Lipinski definition) is 4. The highest BCUT2D eigenvalue weighted by Gasteiger charge is 2.35. The standard InChI is InChI=1S/C17H22ClNO5/c1-4-24-15-12(18)8-11(9-14(15)23-3)16(20)19-6-5-10(2)7-13(19)17(21)22/h8-10,13H,4-7H2,1-3H3,(H,21,22). The Kier molecular flexibility index (Phi) is 5.94. The predicted octanol–water partition coefficient (Wildman–Crippen LogP) is 3.07. The van der Waals surface area contributed by atoms with Gasteiger partial charge < -0.3 is 19.5 Å². The summed E-state index contributed by atoms with van der Waals surface area (Å²) < 4.78 is 10.7. The lowest BCUT2D eigenvalue weighted by atomic mass is 9.92. The zero-order chi connectivity index (χ0) is 17.9. The molecule has 132 valence electrons. The molecule has 0 aromatic heterocycles. The Bertz CT molecular complexity index is 634. The maximum absolute atomic E-state index is 12.8. The number of benzene rings is 1. The fourth-order valence-electron chi connectivity index (χ4n) is 2.91. The first-order valence-electron chi connectivity index (χ1n) is 7.93. The van der Waals surface area contributed by atoms with E-state index in [1.807, 2.05) is 13.8 Å². The van der Waals surface area contributed by atoms with Gasteiger partial charge in [-0.3, -0.25) is 4.79 Å². The zero-order valence-corrected chi connectivity index (χ0v) is 14.8. The van der Waals surface area contributed by atoms with Crippen LogP contribution in [0.3, 0.4) is 0 Å². The minimum absolute atomic E-state index is 0.261. The number of ether oxygens (including phenoxy) is 2. The summed E-state index contributed by atoms with van der Waals surface area (Å²) in [6.07, 6.45) is 1.22. The molecule has 1 N–H and O–H groups in total. The Morgan fingerprint density at radius 1 is 1.42 bits per heavy atom. The van der Waals surface area contributed by atoms with E-state index in [1.54, 1.807) is 0 Å². The summed E-state index contributed by atoms with van der Waals surface area (Å²) in [6.45, 7) is 4.63. The van der Waals surface area contributed by atoms with Crippen LogP contribution in [0.25, 0.3) is 0 Å². The summed E-state index contributed by atoms with van der Waals surface area (Å²) in [7, 11) is 1.46. The van der Waals surface area contributed by atoms with Crippen molar-refractivity contribution in [1.82, 2.24) is 4.90 Å². The van der Waals surface area contributed by atoms with E-state index in [0.29, 0.717) is 36.6 Å². The number of rotatable bonds is 5. The van der Waals surface area contributed by atoms with E-state index in [-0.39, 0.29) is 16.8 Å². The number of carboxylic acids is 1. The number of carbonyl (C=O) groups is 2. The zero-order valence-electron chi connectivity index (χ0n) is 14.0. The van der Waals surface area contributed by atoms with Gasteiger partial charge in [0, 0.05) is 12.1 Å². The number of amides is 1. The number of carbonyl (C=O) groups excluding carboxylic acids is 1. The molecule has 0 bridgehead atoms. The molecule has 1 amide bonds. The fourth-order valence-corrected chi connectivity index (χ4v) is 3.18. The Morgan fingerprint density at radius 2 is 2.12 bits per heavy atom. The van der Waals surface area contributed by atoms with E-state index >= 15 is 0 Å². The third-order valence-electron chi connectivity index (χ3n) is 4.18. The maximum atomic E-state index is 12.8. The molecule has 2 atom stereocenters. The monoisotopic (exact) mass is 355 g/mol. The van der Waals surface area contributed by atoms with Crippen LogP contribution in [0.2, 0.25) is 5.02 Å². The van der Waals surface area contributed by atoms with E-state index < -0.39 is 12.0 Å². The Labute approximate surface area is 146 Å². The number of hydrogen-bond donors (Lipinski definition) is 1. The minimum atomic E-state index is -0.987. The summed E-state index contributed by atoms with van der Waals surface area (Å²) in [4.78, 5) is 25.7. The van der Waals surface area contributed by atoms with Crippen molar-refractivity contribution in [2.24, 2.45) is 5.92 Å². The lowest BCUT2D eigenvalue weighted by Crippen LogP contribution is -2.49. The number of likely N-dealkylation sites (tertiary alicyclic amines) is 1. The van der Waals surface area contributed by atoms with E-state index in [9.17, 15) is 14.7 Å². The second kappa shape index (κ2) is 7.75. The van der Waals surface area contributed by atoms with Crippen molar-refractivity contribution in [3.63, 3.8) is 0 Å². The van der Waals surface area contributed by atoms with Crippen LogP contribution >= 0.6 is 11.6 Å². The normalized spacial score (nSPS) is 20.6. The highest BCUT2D eigenvalue weighted by molar-refractivity contribution is 6.32. The van der Waals surface area contributed by atoms with Crippen molar-refractivity contribution in [2.45, 2.75) is 32.7 Å². The SMILES string of the molecule is CCOc1c(Cl)cc(C(=O)N2CCC(C)CC2C(=O)O)cc1OC. The van der Waals surface area contributed by atoms with Crippen LogP contribution in [0, 0.1) is 5.92 Å². The van der Waals surface area contributed by atoms with Gasteiger partial charge in [0.25, 0.3) is 5.91 Å². The van der Waals surface area contributed by atoms with Crippen molar-refractivity contribution in [3.05, 3.63) is 22.7 Å². The molecule has 7 heteroatoms. The van der Waals surface area contributed by atoms with Gasteiger partial charge in [-0.05, 0) is 37.8 Å². The van der Waals surface area contributed by atoms with Crippen LogP contribution in [-0.4, -0.2) is 48.2 Å². The number of piperidine rings is 1. The molecule has 0 saturated carbocycles. The molecule has 1 saturated heterocycles. The lowest BCUT2D eigenvalue weighted by Gasteiger charge is -2.36. The summed E-state index contributed by atoms with van der Waals surface area (Å²) in [5.74, 6) is -0.352. The Morgan fingerprint density at radius 3 is 2.71 bits per heavy atom. The van der Waals surface area contributed by atoms with Gasteiger partial charge in [0.15, 0.2) is 11.5 Å². The molecule has 1 aromatic carbocycles. The number of halogens is 1. The van der Waals surface area contributed by atoms with Gasteiger partial charge in [0.2, 0.25) is 0 Å². The average Bonchev–Trinajstić information content (AvgIpc) is 2.55. The average molecular weight is 356 g/mol. The van der Waals surface area contributed by atoms with Gasteiger partial charge in [0.05, 0.1) is 18.7 Å². The molecule has 1 aliphatic heterocycles. The summed E-state index contributed by atoms with van der Waals surface area (Å²) in [5, 5.41) is 9.69. The third-order valence-corrected chi connectivity index (χ3v) is 4.46. The molecule has 1 aliphatic rings. The molecule has 6 nitrogen and oxygen atoms in total. The van der Waals surface area contributed by atoms with Crippen LogP contribution in [-0.2, 0) is 4.79 Å². The van der Waals surface area contributed by atoms with Crippen molar-refractivity contribution in [3.8, 4) is 11.5 Å². The molecule has 0 spiro atoms.